The van der Waals surface area contributed by atoms with Gasteiger partial charge in [-0.25, -0.2) is 24.0 Å². The summed E-state index contributed by atoms with van der Waals surface area (Å²) in [6, 6.07) is 31.6. The monoisotopic (exact) mass is 1070 g/mol. The van der Waals surface area contributed by atoms with Crippen molar-refractivity contribution in [2.75, 3.05) is 26.2 Å². The Hall–Kier alpha value is -7.81. The van der Waals surface area contributed by atoms with Crippen LogP contribution in [0.2, 0.25) is 0 Å². The average Bonchev–Trinajstić information content (AvgIpc) is 3.35. The van der Waals surface area contributed by atoms with Gasteiger partial charge < -0.3 is 43.5 Å². The second-order valence-electron chi connectivity index (χ2n) is 21.0. The number of amides is 3. The smallest absolute Gasteiger partial charge is 0.445 e. The molecule has 2 atom stereocenters. The normalized spacial score (nSPS) is 15.2. The molecule has 6 rings (SSSR count). The van der Waals surface area contributed by atoms with E-state index in [1.54, 1.807) is 101 Å². The number of carbonyl (C=O) groups excluding carboxylic acids is 5. The van der Waals surface area contributed by atoms with E-state index in [0.29, 0.717) is 45.6 Å². The maximum Gasteiger partial charge on any atom is 0.519 e. The van der Waals surface area contributed by atoms with Gasteiger partial charge >= 0.3 is 30.6 Å². The molecule has 21 nitrogen and oxygen atoms in total. The number of nitro benzene ring substituents is 2. The SMILES string of the molecule is C.CC(C)(C)OC(=O)N(Cc1ccc([N+](=O)[O-])cc1)[C@@H]1CCCN(C(=O)OCc2ccccc2)C1.CC(C)(C)OC(=O)OC(=O)OC(C)(C)C.O=C(OCc1ccccc1)N1CCC[C@@H](NCc2ccc([N+](=O)[O-])cc2)C1. The molecule has 0 unspecified atom stereocenters. The summed E-state index contributed by atoms with van der Waals surface area (Å²) in [4.78, 5) is 85.9. The fourth-order valence-electron chi connectivity index (χ4n) is 7.50. The molecule has 0 radical (unpaired) electrons. The highest BCUT2D eigenvalue weighted by Gasteiger charge is 2.34. The second kappa shape index (κ2) is 30.1. The predicted octanol–water partition coefficient (Wildman–Crippen LogP) is 12.1. The van der Waals surface area contributed by atoms with Crippen LogP contribution in [0.4, 0.5) is 35.3 Å². The number of nitrogens with zero attached hydrogens (tertiary/aromatic N) is 5. The molecule has 4 aromatic rings. The van der Waals surface area contributed by atoms with E-state index >= 15 is 0 Å². The minimum absolute atomic E-state index is 0. The van der Waals surface area contributed by atoms with Crippen LogP contribution in [0, 0.1) is 20.2 Å². The van der Waals surface area contributed by atoms with Crippen molar-refractivity contribution in [3.05, 3.63) is 152 Å². The molecule has 2 heterocycles. The van der Waals surface area contributed by atoms with Gasteiger partial charge in [-0.15, -0.1) is 0 Å². The molecule has 3 amide bonds. The van der Waals surface area contributed by atoms with Crippen LogP contribution in [0.25, 0.3) is 0 Å². The molecule has 0 bridgehead atoms. The molecule has 0 aliphatic carbocycles. The topological polar surface area (TPSA) is 249 Å². The first-order valence-corrected chi connectivity index (χ1v) is 25.0. The van der Waals surface area contributed by atoms with E-state index in [-0.39, 0.29) is 56.7 Å². The number of hydrogen-bond acceptors (Lipinski definition) is 16. The lowest BCUT2D eigenvalue weighted by Gasteiger charge is -2.39. The Morgan fingerprint density at radius 2 is 0.987 bits per heavy atom. The van der Waals surface area contributed by atoms with Crippen molar-refractivity contribution in [1.82, 2.24) is 20.0 Å². The molecule has 2 aliphatic rings. The number of carbonyl (C=O) groups is 5. The number of benzene rings is 4. The number of nitrogens with one attached hydrogen (secondary N) is 1. The number of hydrogen-bond donors (Lipinski definition) is 1. The van der Waals surface area contributed by atoms with E-state index in [9.17, 15) is 44.2 Å². The van der Waals surface area contributed by atoms with Crippen molar-refractivity contribution < 1.29 is 62.2 Å². The number of likely N-dealkylation sites (tertiary alicyclic amines) is 2. The molecule has 0 saturated carbocycles. The third-order valence-corrected chi connectivity index (χ3v) is 11.0. The Morgan fingerprint density at radius 3 is 1.42 bits per heavy atom. The van der Waals surface area contributed by atoms with E-state index in [0.717, 1.165) is 35.1 Å². The molecule has 2 saturated heterocycles. The molecule has 420 valence electrons. The summed E-state index contributed by atoms with van der Waals surface area (Å²) in [5.41, 5.74) is 1.57. The van der Waals surface area contributed by atoms with Gasteiger partial charge in [0.15, 0.2) is 0 Å². The molecular weight excluding hydrogens is 997 g/mol. The van der Waals surface area contributed by atoms with Crippen molar-refractivity contribution in [2.24, 2.45) is 0 Å². The van der Waals surface area contributed by atoms with Crippen LogP contribution < -0.4 is 5.32 Å². The van der Waals surface area contributed by atoms with E-state index in [1.807, 2.05) is 60.7 Å². The van der Waals surface area contributed by atoms with Gasteiger partial charge in [-0.2, -0.15) is 0 Å². The van der Waals surface area contributed by atoms with Crippen molar-refractivity contribution in [2.45, 2.75) is 151 Å². The molecule has 0 spiro atoms. The summed E-state index contributed by atoms with van der Waals surface area (Å²) < 4.78 is 30.3. The van der Waals surface area contributed by atoms with Crippen molar-refractivity contribution >= 4 is 42.0 Å². The van der Waals surface area contributed by atoms with Crippen molar-refractivity contribution in [3.63, 3.8) is 0 Å². The lowest BCUT2D eigenvalue weighted by molar-refractivity contribution is -0.385. The van der Waals surface area contributed by atoms with Gasteiger partial charge in [-0.05, 0) is 110 Å². The zero-order valence-corrected chi connectivity index (χ0v) is 44.9. The highest BCUT2D eigenvalue weighted by Crippen LogP contribution is 2.24. The molecule has 2 aliphatic heterocycles. The molecule has 1 N–H and O–H groups in total. The lowest BCUT2D eigenvalue weighted by Crippen LogP contribution is -2.52. The van der Waals surface area contributed by atoms with E-state index < -0.39 is 51.1 Å². The molecule has 4 aromatic carbocycles. The minimum atomic E-state index is -1.06. The van der Waals surface area contributed by atoms with Crippen LogP contribution in [-0.4, -0.2) is 110 Å². The quantitative estimate of drug-likeness (QED) is 0.0455. The molecular formula is C56H76N6O15. The number of non-ortho nitro benzene ring substituents is 2. The van der Waals surface area contributed by atoms with Crippen LogP contribution in [0.3, 0.4) is 0 Å². The summed E-state index contributed by atoms with van der Waals surface area (Å²) >= 11 is 0. The highest BCUT2D eigenvalue weighted by atomic mass is 16.8. The molecule has 0 aromatic heterocycles. The van der Waals surface area contributed by atoms with E-state index in [2.05, 4.69) is 10.1 Å². The fraction of sp³-hybridized carbons (Fsp3) is 0.482. The number of piperidine rings is 2. The van der Waals surface area contributed by atoms with E-state index in [4.69, 9.17) is 23.7 Å². The Bertz CT molecular complexity index is 2480. The lowest BCUT2D eigenvalue weighted by atomic mass is 10.0. The Balaban J connectivity index is 0.000000324. The molecule has 77 heavy (non-hydrogen) atoms. The average molecular weight is 1070 g/mol. The Kier molecular flexibility index (Phi) is 24.8. The highest BCUT2D eigenvalue weighted by molar-refractivity contribution is 5.77. The first kappa shape index (κ1) is 63.5. The fourth-order valence-corrected chi connectivity index (χ4v) is 7.50. The Labute approximate surface area is 451 Å². The van der Waals surface area contributed by atoms with Crippen molar-refractivity contribution in [1.29, 1.82) is 0 Å². The summed E-state index contributed by atoms with van der Waals surface area (Å²) in [6.07, 6.45) is -0.00903. The summed E-state index contributed by atoms with van der Waals surface area (Å²) in [6.45, 7) is 18.8. The number of ether oxygens (including phenoxy) is 6. The number of nitro groups is 2. The van der Waals surface area contributed by atoms with Gasteiger partial charge in [-0.1, -0.05) is 92.4 Å². The van der Waals surface area contributed by atoms with E-state index in [1.165, 1.54) is 24.3 Å². The van der Waals surface area contributed by atoms with Gasteiger partial charge in [0.1, 0.15) is 30.0 Å². The number of rotatable bonds is 12. The van der Waals surface area contributed by atoms with Crippen LogP contribution in [-0.2, 0) is 54.7 Å². The third kappa shape index (κ3) is 24.6. The van der Waals surface area contributed by atoms with Crippen LogP contribution in [0.15, 0.2) is 109 Å². The summed E-state index contributed by atoms with van der Waals surface area (Å²) in [5.74, 6) is 0. The van der Waals surface area contributed by atoms with Crippen molar-refractivity contribution in [3.8, 4) is 0 Å². The maximum atomic E-state index is 13.1. The largest absolute Gasteiger partial charge is 0.519 e. The van der Waals surface area contributed by atoms with Crippen LogP contribution in [0.5, 0.6) is 0 Å². The zero-order chi connectivity index (χ0) is 56.1. The van der Waals surface area contributed by atoms with Gasteiger partial charge in [0.25, 0.3) is 11.4 Å². The van der Waals surface area contributed by atoms with Gasteiger partial charge in [0.05, 0.1) is 15.9 Å². The minimum Gasteiger partial charge on any atom is -0.445 e. The first-order valence-electron chi connectivity index (χ1n) is 25.0. The van der Waals surface area contributed by atoms with Crippen LogP contribution >= 0.6 is 0 Å². The van der Waals surface area contributed by atoms with Gasteiger partial charge in [-0.3, -0.25) is 25.1 Å². The predicted molar refractivity (Wildman–Crippen MR) is 288 cm³/mol. The van der Waals surface area contributed by atoms with Gasteiger partial charge in [0.2, 0.25) is 0 Å². The zero-order valence-electron chi connectivity index (χ0n) is 44.9. The van der Waals surface area contributed by atoms with Gasteiger partial charge in [0, 0.05) is 69.6 Å². The molecule has 21 heteroatoms. The maximum absolute atomic E-state index is 13.1. The van der Waals surface area contributed by atoms with Crippen LogP contribution in [0.1, 0.15) is 118 Å². The summed E-state index contributed by atoms with van der Waals surface area (Å²) in [5, 5.41) is 25.1. The summed E-state index contributed by atoms with van der Waals surface area (Å²) in [7, 11) is 0. The first-order chi connectivity index (χ1) is 35.7. The standard InChI is InChI=1S/C25H31N3O6.C20H23N3O4.C10H18O5.CH4/c1-25(2,3)34-24(30)27(16-19-11-13-21(14-12-19)28(31)32)22-10-7-15-26(17-22)23(29)33-18-20-8-5-4-6-9-20;24-20(27-15-17-5-2-1-3-6-17)22-12-4-7-18(14-22)21-13-16-8-10-19(11-9-16)23(25)26;1-9(2,3)14-7(11)13-8(12)15-10(4,5)6;/h4-6,8-9,11-14,22H,7,10,15-18H2,1-3H3;1-3,5-6,8-11,18,21H,4,7,12-15H2;1-6H3;1H4/t22-;18-;;/m11../s1. The Morgan fingerprint density at radius 1 is 0.571 bits per heavy atom. The third-order valence-electron chi connectivity index (χ3n) is 11.0. The molecule has 2 fully saturated rings. The second-order valence-corrected chi connectivity index (χ2v) is 21.0.